The molecule has 0 aliphatic carbocycles. The van der Waals surface area contributed by atoms with Crippen molar-refractivity contribution in [2.45, 2.75) is 26.3 Å². The Kier molecular flexibility index (Phi) is 6.78. The number of nitrogens with one attached hydrogen (secondary N) is 2. The molecule has 20 heavy (non-hydrogen) atoms. The average Bonchev–Trinajstić information content (AvgIpc) is 2.33. The third-order valence-electron chi connectivity index (χ3n) is 2.52. The number of hydrogen-bond donors (Lipinski definition) is 2. The van der Waals surface area contributed by atoms with Crippen LogP contribution in [-0.4, -0.2) is 33.9 Å². The molecule has 0 bridgehead atoms. The van der Waals surface area contributed by atoms with Crippen LogP contribution in [-0.2, 0) is 10.0 Å². The van der Waals surface area contributed by atoms with E-state index in [-0.39, 0.29) is 5.75 Å². The summed E-state index contributed by atoms with van der Waals surface area (Å²) in [5.74, 6) is 0.681. The highest BCUT2D eigenvalue weighted by Crippen LogP contribution is 2.25. The predicted molar refractivity (Wildman–Crippen MR) is 85.9 cm³/mol. The summed E-state index contributed by atoms with van der Waals surface area (Å²) in [6.45, 7) is 4.74. The second-order valence-corrected chi connectivity index (χ2v) is 7.52. The number of sulfonamides is 1. The monoisotopic (exact) mass is 364 g/mol. The average molecular weight is 365 g/mol. The molecule has 0 aliphatic heterocycles. The van der Waals surface area contributed by atoms with Crippen LogP contribution < -0.4 is 14.8 Å². The molecule has 0 aliphatic rings. The largest absolute Gasteiger partial charge is 0.497 e. The minimum absolute atomic E-state index is 0.0849. The molecule has 2 N–H and O–H groups in total. The first-order valence-corrected chi connectivity index (χ1v) is 8.85. The standard InChI is InChI=1S/C13H21BrN2O3S/c1-10(2)15-5-4-6-20(17,18)16-12-7-11(14)8-13(9-12)19-3/h7-10,15-16H,4-6H2,1-3H3. The molecule has 0 fully saturated rings. The van der Waals surface area contributed by atoms with Crippen molar-refractivity contribution >= 4 is 31.6 Å². The maximum Gasteiger partial charge on any atom is 0.232 e. The number of hydrogen-bond acceptors (Lipinski definition) is 4. The summed E-state index contributed by atoms with van der Waals surface area (Å²) < 4.78 is 32.3. The lowest BCUT2D eigenvalue weighted by molar-refractivity contribution is 0.415. The Morgan fingerprint density at radius 3 is 2.60 bits per heavy atom. The Bertz CT molecular complexity index is 532. The Morgan fingerprint density at radius 1 is 1.30 bits per heavy atom. The molecule has 0 radical (unpaired) electrons. The van der Waals surface area contributed by atoms with Gasteiger partial charge in [-0.25, -0.2) is 8.42 Å². The van der Waals surface area contributed by atoms with Crippen molar-refractivity contribution in [1.82, 2.24) is 5.32 Å². The highest BCUT2D eigenvalue weighted by atomic mass is 79.9. The minimum Gasteiger partial charge on any atom is -0.497 e. The number of benzene rings is 1. The first kappa shape index (κ1) is 17.3. The van der Waals surface area contributed by atoms with Crippen LogP contribution in [0.25, 0.3) is 0 Å². The van der Waals surface area contributed by atoms with Crippen LogP contribution in [0.15, 0.2) is 22.7 Å². The van der Waals surface area contributed by atoms with Crippen molar-refractivity contribution in [2.24, 2.45) is 0 Å². The van der Waals surface area contributed by atoms with Crippen molar-refractivity contribution in [3.63, 3.8) is 0 Å². The van der Waals surface area contributed by atoms with Gasteiger partial charge in [-0.15, -0.1) is 0 Å². The van der Waals surface area contributed by atoms with Crippen molar-refractivity contribution in [1.29, 1.82) is 0 Å². The number of anilines is 1. The fourth-order valence-electron chi connectivity index (χ4n) is 1.62. The van der Waals surface area contributed by atoms with Gasteiger partial charge >= 0.3 is 0 Å². The van der Waals surface area contributed by atoms with E-state index < -0.39 is 10.0 Å². The maximum atomic E-state index is 12.0. The van der Waals surface area contributed by atoms with Crippen LogP contribution in [0.2, 0.25) is 0 Å². The molecule has 0 aromatic heterocycles. The van der Waals surface area contributed by atoms with Gasteiger partial charge in [-0.2, -0.15) is 0 Å². The maximum absolute atomic E-state index is 12.0. The SMILES string of the molecule is COc1cc(Br)cc(NS(=O)(=O)CCCNC(C)C)c1. The van der Waals surface area contributed by atoms with E-state index in [1.54, 1.807) is 18.2 Å². The molecule has 114 valence electrons. The molecule has 7 heteroatoms. The van der Waals surface area contributed by atoms with Crippen molar-refractivity contribution in [3.05, 3.63) is 22.7 Å². The Morgan fingerprint density at radius 2 is 2.00 bits per heavy atom. The minimum atomic E-state index is -3.34. The third kappa shape index (κ3) is 6.58. The van der Waals surface area contributed by atoms with E-state index in [9.17, 15) is 8.42 Å². The van der Waals surface area contributed by atoms with Gasteiger partial charge in [0.15, 0.2) is 0 Å². The topological polar surface area (TPSA) is 67.4 Å². The second-order valence-electron chi connectivity index (χ2n) is 4.76. The quantitative estimate of drug-likeness (QED) is 0.695. The van der Waals surface area contributed by atoms with Crippen LogP contribution in [0.4, 0.5) is 5.69 Å². The fraction of sp³-hybridized carbons (Fsp3) is 0.538. The van der Waals surface area contributed by atoms with Gasteiger partial charge in [0, 0.05) is 16.6 Å². The van der Waals surface area contributed by atoms with E-state index in [1.165, 1.54) is 7.11 Å². The van der Waals surface area contributed by atoms with Crippen molar-refractivity contribution in [2.75, 3.05) is 24.1 Å². The lowest BCUT2D eigenvalue weighted by atomic mass is 10.3. The number of ether oxygens (including phenoxy) is 1. The van der Waals surface area contributed by atoms with Gasteiger partial charge in [0.25, 0.3) is 0 Å². The molecular weight excluding hydrogens is 344 g/mol. The van der Waals surface area contributed by atoms with Crippen LogP contribution in [0.5, 0.6) is 5.75 Å². The van der Waals surface area contributed by atoms with Crippen LogP contribution in [0.1, 0.15) is 20.3 Å². The zero-order valence-electron chi connectivity index (χ0n) is 11.9. The van der Waals surface area contributed by atoms with Crippen LogP contribution >= 0.6 is 15.9 Å². The molecule has 0 atom stereocenters. The summed E-state index contributed by atoms with van der Waals surface area (Å²) in [4.78, 5) is 0. The van der Waals surface area contributed by atoms with Gasteiger partial charge in [-0.3, -0.25) is 4.72 Å². The van der Waals surface area contributed by atoms with Gasteiger partial charge in [-0.05, 0) is 25.1 Å². The number of methoxy groups -OCH3 is 1. The third-order valence-corrected chi connectivity index (χ3v) is 4.35. The first-order valence-electron chi connectivity index (χ1n) is 6.41. The van der Waals surface area contributed by atoms with Crippen LogP contribution in [0, 0.1) is 0 Å². The van der Waals surface area contributed by atoms with E-state index in [4.69, 9.17) is 4.74 Å². The van der Waals surface area contributed by atoms with E-state index >= 15 is 0 Å². The Hall–Kier alpha value is -0.790. The van der Waals surface area contributed by atoms with Gasteiger partial charge in [0.05, 0.1) is 18.6 Å². The van der Waals surface area contributed by atoms with Gasteiger partial charge < -0.3 is 10.1 Å². The normalized spacial score (nSPS) is 11.7. The summed E-state index contributed by atoms with van der Waals surface area (Å²) in [5, 5.41) is 3.19. The van der Waals surface area contributed by atoms with Crippen molar-refractivity contribution in [3.8, 4) is 5.75 Å². The summed E-state index contributed by atoms with van der Waals surface area (Å²) >= 11 is 3.32. The molecule has 0 saturated heterocycles. The molecule has 5 nitrogen and oxygen atoms in total. The van der Waals surface area contributed by atoms with Gasteiger partial charge in [0.2, 0.25) is 10.0 Å². The molecule has 1 rings (SSSR count). The smallest absolute Gasteiger partial charge is 0.232 e. The highest BCUT2D eigenvalue weighted by molar-refractivity contribution is 9.10. The van der Waals surface area contributed by atoms with E-state index in [1.807, 2.05) is 13.8 Å². The predicted octanol–water partition coefficient (Wildman–Crippen LogP) is 2.59. The van der Waals surface area contributed by atoms with Crippen LogP contribution in [0.3, 0.4) is 0 Å². The molecule has 1 aromatic carbocycles. The van der Waals surface area contributed by atoms with Gasteiger partial charge in [0.1, 0.15) is 5.75 Å². The lowest BCUT2D eigenvalue weighted by Crippen LogP contribution is -2.26. The van der Waals surface area contributed by atoms with E-state index in [2.05, 4.69) is 26.0 Å². The molecule has 0 saturated carbocycles. The summed E-state index contributed by atoms with van der Waals surface area (Å²) in [6.07, 6.45) is 0.568. The fourth-order valence-corrected chi connectivity index (χ4v) is 3.20. The number of halogens is 1. The summed E-state index contributed by atoms with van der Waals surface area (Å²) in [5.41, 5.74) is 0.494. The van der Waals surface area contributed by atoms with Gasteiger partial charge in [-0.1, -0.05) is 29.8 Å². The second kappa shape index (κ2) is 7.85. The molecular formula is C13H21BrN2O3S. The summed E-state index contributed by atoms with van der Waals surface area (Å²) in [6, 6.07) is 5.48. The van der Waals surface area contributed by atoms with E-state index in [0.29, 0.717) is 30.4 Å². The number of rotatable bonds is 8. The molecule has 1 aromatic rings. The summed E-state index contributed by atoms with van der Waals surface area (Å²) in [7, 11) is -1.80. The molecule has 0 amide bonds. The molecule has 0 unspecified atom stereocenters. The van der Waals surface area contributed by atoms with Crippen molar-refractivity contribution < 1.29 is 13.2 Å². The molecule has 0 spiro atoms. The highest BCUT2D eigenvalue weighted by Gasteiger charge is 2.11. The lowest BCUT2D eigenvalue weighted by Gasteiger charge is -2.11. The molecule has 0 heterocycles. The zero-order valence-corrected chi connectivity index (χ0v) is 14.3. The first-order chi connectivity index (χ1) is 9.32. The van der Waals surface area contributed by atoms with E-state index in [0.717, 1.165) is 4.47 Å². The zero-order chi connectivity index (χ0) is 15.2. The Balaban J connectivity index is 2.59. The Labute approximate surface area is 129 Å².